The van der Waals surface area contributed by atoms with E-state index in [9.17, 15) is 14.4 Å². The van der Waals surface area contributed by atoms with Crippen molar-refractivity contribution in [3.63, 3.8) is 0 Å². The van der Waals surface area contributed by atoms with Gasteiger partial charge in [0.05, 0.1) is 17.4 Å². The van der Waals surface area contributed by atoms with Crippen molar-refractivity contribution in [3.05, 3.63) is 36.0 Å². The minimum atomic E-state index is -0.360. The van der Waals surface area contributed by atoms with E-state index in [0.29, 0.717) is 18.5 Å². The largest absolute Gasteiger partial charge is 0.458 e. The number of hydrogen-bond donors (Lipinski definition) is 1. The number of H-pyrrole nitrogens is 1. The second-order valence-electron chi connectivity index (χ2n) is 9.12. The summed E-state index contributed by atoms with van der Waals surface area (Å²) in [6.07, 6.45) is 3.63. The van der Waals surface area contributed by atoms with Gasteiger partial charge in [0.15, 0.2) is 0 Å². The predicted octanol–water partition coefficient (Wildman–Crippen LogP) is 2.29. The average Bonchev–Trinajstić information content (AvgIpc) is 3.45. The van der Waals surface area contributed by atoms with Crippen LogP contribution in [0.1, 0.15) is 29.6 Å². The fourth-order valence-corrected chi connectivity index (χ4v) is 5.80. The lowest BCUT2D eigenvalue weighted by Crippen LogP contribution is -2.37. The molecule has 1 aromatic carbocycles. The van der Waals surface area contributed by atoms with Crippen molar-refractivity contribution in [1.29, 1.82) is 0 Å². The molecule has 3 unspecified atom stereocenters. The average molecular weight is 409 g/mol. The number of nitrogens with one attached hydrogen (secondary N) is 1. The van der Waals surface area contributed by atoms with Crippen LogP contribution in [0.5, 0.6) is 0 Å². The number of carbonyl (C=O) groups is 3. The number of ether oxygens (including phenoxy) is 1. The van der Waals surface area contributed by atoms with Gasteiger partial charge in [-0.15, -0.1) is 0 Å². The van der Waals surface area contributed by atoms with Gasteiger partial charge in [0.1, 0.15) is 6.10 Å². The Morgan fingerprint density at radius 1 is 1.17 bits per heavy atom. The number of para-hydroxylation sites is 1. The molecule has 0 spiro atoms. The van der Waals surface area contributed by atoms with E-state index < -0.39 is 0 Å². The predicted molar refractivity (Wildman–Crippen MR) is 111 cm³/mol. The summed E-state index contributed by atoms with van der Waals surface area (Å²) in [5.74, 6) is -0.898. The third kappa shape index (κ3) is 2.95. The number of aromatic nitrogens is 1. The Bertz CT molecular complexity index is 1010. The van der Waals surface area contributed by atoms with Gasteiger partial charge in [0.2, 0.25) is 11.8 Å². The molecule has 2 amide bonds. The molecule has 5 rings (SSSR count). The number of likely N-dealkylation sites (tertiary alicyclic amines) is 1. The highest BCUT2D eigenvalue weighted by Gasteiger charge is 2.64. The number of aromatic amines is 1. The maximum absolute atomic E-state index is 13.0. The molecular weight excluding hydrogens is 382 g/mol. The molecule has 1 aromatic heterocycles. The number of fused-ring (bicyclic) bond motifs is 6. The first-order chi connectivity index (χ1) is 14.5. The third-order valence-electron chi connectivity index (χ3n) is 7.10. The maximum Gasteiger partial charge on any atom is 0.340 e. The molecule has 3 fully saturated rings. The molecule has 158 valence electrons. The minimum Gasteiger partial charge on any atom is -0.458 e. The number of carbonyl (C=O) groups excluding carboxylic acids is 3. The minimum absolute atomic E-state index is 0.0161. The Labute approximate surface area is 175 Å². The number of nitrogens with zero attached hydrogens (tertiary/aromatic N) is 2. The van der Waals surface area contributed by atoms with Crippen LogP contribution >= 0.6 is 0 Å². The molecule has 2 aromatic rings. The van der Waals surface area contributed by atoms with E-state index in [1.807, 2.05) is 38.4 Å². The highest BCUT2D eigenvalue weighted by Crippen LogP contribution is 2.57. The lowest BCUT2D eigenvalue weighted by molar-refractivity contribution is -0.141. The molecule has 7 nitrogen and oxygen atoms in total. The first kappa shape index (κ1) is 19.3. The van der Waals surface area contributed by atoms with Crippen LogP contribution in [0.25, 0.3) is 10.9 Å². The number of rotatable bonds is 6. The number of imide groups is 1. The van der Waals surface area contributed by atoms with Gasteiger partial charge in [-0.2, -0.15) is 0 Å². The third-order valence-corrected chi connectivity index (χ3v) is 7.10. The van der Waals surface area contributed by atoms with Gasteiger partial charge in [-0.05, 0) is 51.9 Å². The number of amides is 2. The Kier molecular flexibility index (Phi) is 4.65. The molecular formula is C23H27N3O4. The topological polar surface area (TPSA) is 82.7 Å². The summed E-state index contributed by atoms with van der Waals surface area (Å²) in [4.78, 5) is 45.4. The number of esters is 1. The smallest absolute Gasteiger partial charge is 0.340 e. The van der Waals surface area contributed by atoms with E-state index in [2.05, 4.69) is 9.88 Å². The van der Waals surface area contributed by atoms with Crippen LogP contribution in [0.4, 0.5) is 0 Å². The van der Waals surface area contributed by atoms with Gasteiger partial charge < -0.3 is 14.6 Å². The summed E-state index contributed by atoms with van der Waals surface area (Å²) >= 11 is 0. The Morgan fingerprint density at radius 2 is 1.93 bits per heavy atom. The fourth-order valence-electron chi connectivity index (χ4n) is 5.80. The van der Waals surface area contributed by atoms with Crippen molar-refractivity contribution in [2.75, 3.05) is 27.2 Å². The highest BCUT2D eigenvalue weighted by atomic mass is 16.5. The molecule has 3 aliphatic rings. The van der Waals surface area contributed by atoms with E-state index >= 15 is 0 Å². The molecule has 30 heavy (non-hydrogen) atoms. The Balaban J connectivity index is 1.29. The zero-order valence-electron chi connectivity index (χ0n) is 17.3. The van der Waals surface area contributed by atoms with Crippen molar-refractivity contribution in [3.8, 4) is 0 Å². The normalized spacial score (nSPS) is 30.0. The van der Waals surface area contributed by atoms with E-state index in [0.717, 1.165) is 30.3 Å². The molecule has 5 atom stereocenters. The molecule has 2 saturated carbocycles. The van der Waals surface area contributed by atoms with Crippen LogP contribution in [0.2, 0.25) is 0 Å². The maximum atomic E-state index is 13.0. The Morgan fingerprint density at radius 3 is 2.73 bits per heavy atom. The standard InChI is InChI=1S/C23H27N3O4/c1-25(2)8-5-9-26-21(27)19-13-10-15(20(19)22(26)28)18(11-13)30-23(29)16-12-24-17-7-4-3-6-14(16)17/h3-4,6-7,12-13,15,18-20,24H,5,8-11H2,1-2H3/t13-,15-,18?,19?,20?/m0/s1. The zero-order chi connectivity index (χ0) is 21.0. The summed E-state index contributed by atoms with van der Waals surface area (Å²) in [5, 5.41) is 0.836. The van der Waals surface area contributed by atoms with Gasteiger partial charge in [0, 0.05) is 29.6 Å². The quantitative estimate of drug-likeness (QED) is 0.585. The first-order valence-corrected chi connectivity index (χ1v) is 10.7. The van der Waals surface area contributed by atoms with E-state index in [-0.39, 0.29) is 47.6 Å². The summed E-state index contributed by atoms with van der Waals surface area (Å²) < 4.78 is 5.89. The van der Waals surface area contributed by atoms with Crippen LogP contribution in [0.15, 0.2) is 30.5 Å². The summed E-state index contributed by atoms with van der Waals surface area (Å²) in [7, 11) is 3.96. The van der Waals surface area contributed by atoms with Crippen LogP contribution in [0, 0.1) is 23.7 Å². The van der Waals surface area contributed by atoms with Crippen LogP contribution in [-0.4, -0.2) is 65.9 Å². The van der Waals surface area contributed by atoms with Gasteiger partial charge in [0.25, 0.3) is 0 Å². The van der Waals surface area contributed by atoms with Crippen molar-refractivity contribution in [2.24, 2.45) is 23.7 Å². The lowest BCUT2D eigenvalue weighted by atomic mass is 9.79. The summed E-state index contributed by atoms with van der Waals surface area (Å²) in [5.41, 5.74) is 1.41. The van der Waals surface area contributed by atoms with Crippen LogP contribution < -0.4 is 0 Å². The van der Waals surface area contributed by atoms with Crippen LogP contribution in [-0.2, 0) is 14.3 Å². The SMILES string of the molecule is CN(C)CCCN1C(=O)C2C(C1=O)[C@H]1C[C@H]2CC1OC(=O)c1c[nH]c2ccccc12. The van der Waals surface area contributed by atoms with Crippen molar-refractivity contribution in [2.45, 2.75) is 25.4 Å². The summed E-state index contributed by atoms with van der Waals surface area (Å²) in [6, 6.07) is 7.62. The van der Waals surface area contributed by atoms with Gasteiger partial charge >= 0.3 is 5.97 Å². The van der Waals surface area contributed by atoms with Gasteiger partial charge in [-0.3, -0.25) is 14.5 Å². The van der Waals surface area contributed by atoms with Crippen molar-refractivity contribution < 1.29 is 19.1 Å². The molecule has 7 heteroatoms. The van der Waals surface area contributed by atoms with E-state index in [4.69, 9.17) is 4.74 Å². The molecule has 0 radical (unpaired) electrons. The van der Waals surface area contributed by atoms with Crippen LogP contribution in [0.3, 0.4) is 0 Å². The van der Waals surface area contributed by atoms with E-state index in [1.165, 1.54) is 4.90 Å². The second-order valence-corrected chi connectivity index (χ2v) is 9.12. The number of benzene rings is 1. The monoisotopic (exact) mass is 409 g/mol. The van der Waals surface area contributed by atoms with E-state index in [1.54, 1.807) is 6.20 Å². The lowest BCUT2D eigenvalue weighted by Gasteiger charge is -2.28. The highest BCUT2D eigenvalue weighted by molar-refractivity contribution is 6.06. The molecule has 2 bridgehead atoms. The molecule has 1 saturated heterocycles. The van der Waals surface area contributed by atoms with Crippen molar-refractivity contribution in [1.82, 2.24) is 14.8 Å². The second kappa shape index (κ2) is 7.23. The molecule has 2 heterocycles. The molecule has 2 aliphatic carbocycles. The first-order valence-electron chi connectivity index (χ1n) is 10.7. The zero-order valence-corrected chi connectivity index (χ0v) is 17.3. The fraction of sp³-hybridized carbons (Fsp3) is 0.522. The number of hydrogen-bond acceptors (Lipinski definition) is 5. The van der Waals surface area contributed by atoms with Gasteiger partial charge in [-0.25, -0.2) is 4.79 Å². The molecule has 1 N–H and O–H groups in total. The van der Waals surface area contributed by atoms with Gasteiger partial charge in [-0.1, -0.05) is 18.2 Å². The molecule has 1 aliphatic heterocycles. The Hall–Kier alpha value is -2.67. The van der Waals surface area contributed by atoms with Crippen molar-refractivity contribution >= 4 is 28.7 Å². The summed E-state index contributed by atoms with van der Waals surface area (Å²) in [6.45, 7) is 1.31.